The van der Waals surface area contributed by atoms with E-state index in [1.165, 1.54) is 0 Å². The van der Waals surface area contributed by atoms with Crippen molar-refractivity contribution in [2.75, 3.05) is 11.9 Å². The van der Waals surface area contributed by atoms with Crippen molar-refractivity contribution >= 4 is 22.7 Å². The van der Waals surface area contributed by atoms with Crippen molar-refractivity contribution in [2.45, 2.75) is 25.0 Å². The normalized spacial score (nSPS) is 20.5. The van der Waals surface area contributed by atoms with Crippen molar-refractivity contribution in [1.82, 2.24) is 14.9 Å². The van der Waals surface area contributed by atoms with Crippen molar-refractivity contribution in [2.24, 2.45) is 7.05 Å². The summed E-state index contributed by atoms with van der Waals surface area (Å²) in [5.74, 6) is 0.884. The van der Waals surface area contributed by atoms with Gasteiger partial charge in [-0.05, 0) is 24.6 Å². The first kappa shape index (κ1) is 15.7. The van der Waals surface area contributed by atoms with Crippen LogP contribution in [0.5, 0.6) is 0 Å². The van der Waals surface area contributed by atoms with E-state index in [2.05, 4.69) is 15.6 Å². The maximum Gasteiger partial charge on any atom is 0.319 e. The number of carbonyl (C=O) groups is 1. The quantitative estimate of drug-likeness (QED) is 0.767. The molecule has 1 aromatic carbocycles. The van der Waals surface area contributed by atoms with Crippen LogP contribution in [0.2, 0.25) is 0 Å². The number of amides is 2. The summed E-state index contributed by atoms with van der Waals surface area (Å²) in [5.41, 5.74) is 1.45. The molecule has 2 amide bonds. The van der Waals surface area contributed by atoms with Gasteiger partial charge >= 0.3 is 6.03 Å². The third kappa shape index (κ3) is 3.36. The second-order valence-electron chi connectivity index (χ2n) is 6.25. The van der Waals surface area contributed by atoms with E-state index in [0.29, 0.717) is 18.7 Å². The minimum Gasteiger partial charge on any atom is -0.464 e. The lowest BCUT2D eigenvalue weighted by atomic mass is 10.0. The number of imidazole rings is 1. The molecule has 2 aromatic heterocycles. The average molecular weight is 340 g/mol. The first-order valence-corrected chi connectivity index (χ1v) is 8.32. The van der Waals surface area contributed by atoms with E-state index < -0.39 is 0 Å². The van der Waals surface area contributed by atoms with Crippen LogP contribution in [0.4, 0.5) is 10.5 Å². The highest BCUT2D eigenvalue weighted by molar-refractivity contribution is 5.92. The van der Waals surface area contributed by atoms with E-state index in [-0.39, 0.29) is 18.2 Å². The van der Waals surface area contributed by atoms with Crippen LogP contribution < -0.4 is 10.6 Å². The summed E-state index contributed by atoms with van der Waals surface area (Å²) in [5, 5.41) is 6.89. The van der Waals surface area contributed by atoms with Gasteiger partial charge in [-0.2, -0.15) is 0 Å². The van der Waals surface area contributed by atoms with Crippen LogP contribution in [-0.2, 0) is 11.8 Å². The molecule has 7 heteroatoms. The van der Waals surface area contributed by atoms with Gasteiger partial charge in [-0.25, -0.2) is 9.78 Å². The number of urea groups is 1. The van der Waals surface area contributed by atoms with Gasteiger partial charge < -0.3 is 24.4 Å². The number of nitrogens with zero attached hydrogens (tertiary/aromatic N) is 2. The molecule has 7 nitrogen and oxygen atoms in total. The number of hydrogen-bond donors (Lipinski definition) is 2. The Labute approximate surface area is 145 Å². The summed E-state index contributed by atoms with van der Waals surface area (Å²) < 4.78 is 13.1. The first-order chi connectivity index (χ1) is 12.2. The van der Waals surface area contributed by atoms with Crippen LogP contribution >= 0.6 is 0 Å². The molecule has 2 atom stereocenters. The fraction of sp³-hybridized carbons (Fsp3) is 0.333. The highest BCUT2D eigenvalue weighted by Gasteiger charge is 2.27. The van der Waals surface area contributed by atoms with Gasteiger partial charge in [0.2, 0.25) is 0 Å². The molecule has 0 aliphatic carbocycles. The molecule has 3 heterocycles. The Bertz CT molecular complexity index is 885. The fourth-order valence-electron chi connectivity index (χ4n) is 3.18. The molecule has 3 aromatic rings. The van der Waals surface area contributed by atoms with Crippen LogP contribution in [0.1, 0.15) is 24.8 Å². The summed E-state index contributed by atoms with van der Waals surface area (Å²) in [7, 11) is 1.94. The SMILES string of the molecule is Cn1ccnc1[C@@H]1C[C@H](NC(=O)Nc2ccc3ccoc3c2)CCO1. The number of aromatic nitrogens is 2. The second-order valence-corrected chi connectivity index (χ2v) is 6.25. The largest absolute Gasteiger partial charge is 0.464 e. The zero-order valence-electron chi connectivity index (χ0n) is 13.9. The lowest BCUT2D eigenvalue weighted by molar-refractivity contribution is -0.00410. The summed E-state index contributed by atoms with van der Waals surface area (Å²) >= 11 is 0. The predicted octanol–water partition coefficient (Wildman–Crippen LogP) is 3.21. The Kier molecular flexibility index (Phi) is 4.15. The lowest BCUT2D eigenvalue weighted by Crippen LogP contribution is -2.42. The molecule has 130 valence electrons. The van der Waals surface area contributed by atoms with Crippen molar-refractivity contribution in [1.29, 1.82) is 0 Å². The van der Waals surface area contributed by atoms with Gasteiger partial charge in [0.05, 0.1) is 6.26 Å². The highest BCUT2D eigenvalue weighted by Crippen LogP contribution is 2.27. The Morgan fingerprint density at radius 3 is 3.12 bits per heavy atom. The summed E-state index contributed by atoms with van der Waals surface area (Å²) in [6, 6.07) is 7.30. The van der Waals surface area contributed by atoms with Crippen LogP contribution in [0.3, 0.4) is 0 Å². The van der Waals surface area contributed by atoms with E-state index in [1.54, 1.807) is 12.5 Å². The number of anilines is 1. The van der Waals surface area contributed by atoms with Crippen molar-refractivity contribution in [3.8, 4) is 0 Å². The molecule has 0 spiro atoms. The molecular weight excluding hydrogens is 320 g/mol. The van der Waals surface area contributed by atoms with E-state index in [4.69, 9.17) is 9.15 Å². The number of carbonyl (C=O) groups excluding carboxylic acids is 1. The topological polar surface area (TPSA) is 81.3 Å². The van der Waals surface area contributed by atoms with Crippen molar-refractivity contribution in [3.05, 3.63) is 48.7 Å². The van der Waals surface area contributed by atoms with E-state index in [1.807, 2.05) is 42.1 Å². The maximum atomic E-state index is 12.3. The number of aryl methyl sites for hydroxylation is 1. The van der Waals surface area contributed by atoms with E-state index >= 15 is 0 Å². The molecule has 1 fully saturated rings. The van der Waals surface area contributed by atoms with E-state index in [0.717, 1.165) is 23.2 Å². The molecule has 0 saturated carbocycles. The van der Waals surface area contributed by atoms with Gasteiger partial charge in [0, 0.05) is 55.7 Å². The molecule has 1 aliphatic rings. The zero-order valence-corrected chi connectivity index (χ0v) is 13.9. The van der Waals surface area contributed by atoms with Crippen LogP contribution in [0, 0.1) is 0 Å². The number of hydrogen-bond acceptors (Lipinski definition) is 4. The van der Waals surface area contributed by atoms with Crippen LogP contribution in [0.25, 0.3) is 11.0 Å². The molecule has 4 rings (SSSR count). The Balaban J connectivity index is 1.37. The smallest absolute Gasteiger partial charge is 0.319 e. The van der Waals surface area contributed by atoms with Crippen LogP contribution in [-0.4, -0.2) is 28.2 Å². The van der Waals surface area contributed by atoms with Gasteiger partial charge in [-0.3, -0.25) is 0 Å². The van der Waals surface area contributed by atoms with Gasteiger partial charge in [-0.15, -0.1) is 0 Å². The van der Waals surface area contributed by atoms with Crippen molar-refractivity contribution < 1.29 is 13.9 Å². The maximum absolute atomic E-state index is 12.3. The molecule has 0 unspecified atom stereocenters. The lowest BCUT2D eigenvalue weighted by Gasteiger charge is -2.29. The monoisotopic (exact) mass is 340 g/mol. The van der Waals surface area contributed by atoms with Crippen LogP contribution in [0.15, 0.2) is 47.3 Å². The molecule has 25 heavy (non-hydrogen) atoms. The minimum atomic E-state index is -0.226. The molecule has 0 radical (unpaired) electrons. The molecule has 1 aliphatic heterocycles. The first-order valence-electron chi connectivity index (χ1n) is 8.32. The standard InChI is InChI=1S/C18H20N4O3/c1-22-7-6-19-17(22)16-11-14(5-9-25-16)21-18(23)20-13-3-2-12-4-8-24-15(12)10-13/h2-4,6-8,10,14,16H,5,9,11H2,1H3,(H2,20,21,23)/t14-,16+/m1/s1. The predicted molar refractivity (Wildman–Crippen MR) is 93.3 cm³/mol. The number of benzene rings is 1. The third-order valence-corrected chi connectivity index (χ3v) is 4.48. The molecule has 2 N–H and O–H groups in total. The van der Waals surface area contributed by atoms with Crippen molar-refractivity contribution in [3.63, 3.8) is 0 Å². The second kappa shape index (κ2) is 6.60. The Morgan fingerprint density at radius 2 is 2.28 bits per heavy atom. The number of nitrogens with one attached hydrogen (secondary N) is 2. The number of rotatable bonds is 3. The molecular formula is C18H20N4O3. The fourth-order valence-corrected chi connectivity index (χ4v) is 3.18. The van der Waals surface area contributed by atoms with Gasteiger partial charge in [-0.1, -0.05) is 0 Å². The molecule has 0 bridgehead atoms. The summed E-state index contributed by atoms with van der Waals surface area (Å²) in [4.78, 5) is 16.6. The average Bonchev–Trinajstić information content (AvgIpc) is 3.23. The summed E-state index contributed by atoms with van der Waals surface area (Å²) in [6.07, 6.45) is 6.68. The third-order valence-electron chi connectivity index (χ3n) is 4.48. The Morgan fingerprint density at radius 1 is 1.36 bits per heavy atom. The molecule has 1 saturated heterocycles. The van der Waals surface area contributed by atoms with E-state index in [9.17, 15) is 4.79 Å². The zero-order chi connectivity index (χ0) is 17.2. The Hall–Kier alpha value is -2.80. The minimum absolute atomic E-state index is 0.0443. The summed E-state index contributed by atoms with van der Waals surface area (Å²) in [6.45, 7) is 0.598. The van der Waals surface area contributed by atoms with Gasteiger partial charge in [0.1, 0.15) is 17.5 Å². The van der Waals surface area contributed by atoms with Gasteiger partial charge in [0.15, 0.2) is 0 Å². The number of furan rings is 1. The number of fused-ring (bicyclic) bond motifs is 1. The van der Waals surface area contributed by atoms with Gasteiger partial charge in [0.25, 0.3) is 0 Å². The number of ether oxygens (including phenoxy) is 1. The highest BCUT2D eigenvalue weighted by atomic mass is 16.5.